The van der Waals surface area contributed by atoms with Crippen molar-refractivity contribution < 1.29 is 24.2 Å². The number of aliphatic hydroxyl groups excluding tert-OH is 2. The Balaban J connectivity index is 0.00000334. The molecule has 1 aliphatic rings. The summed E-state index contributed by atoms with van der Waals surface area (Å²) >= 11 is 1.49. The molecule has 1 aromatic carbocycles. The fourth-order valence-electron chi connectivity index (χ4n) is 3.61. The first-order valence-electron chi connectivity index (χ1n) is 12.2. The van der Waals surface area contributed by atoms with E-state index in [0.29, 0.717) is 31.6 Å². The van der Waals surface area contributed by atoms with Crippen molar-refractivity contribution >= 4 is 34.3 Å². The van der Waals surface area contributed by atoms with Crippen LogP contribution in [-0.4, -0.2) is 83.7 Å². The number of nitrogens with one attached hydrogen (secondary N) is 1. The molecule has 9 nitrogen and oxygen atoms in total. The van der Waals surface area contributed by atoms with E-state index >= 15 is 0 Å². The second-order valence-electron chi connectivity index (χ2n) is 8.29. The first-order chi connectivity index (χ1) is 17.7. The number of hydrogen-bond donors (Lipinski definition) is 3. The van der Waals surface area contributed by atoms with Crippen LogP contribution in [0.15, 0.2) is 35.5 Å². The smallest absolute Gasteiger partial charge is 0.254 e. The summed E-state index contributed by atoms with van der Waals surface area (Å²) in [7, 11) is 1.46. The molecule has 0 saturated carbocycles. The summed E-state index contributed by atoms with van der Waals surface area (Å²) in [5.41, 5.74) is 0.959. The molecule has 2 rings (SSSR count). The van der Waals surface area contributed by atoms with Gasteiger partial charge in [-0.15, -0.1) is 11.8 Å². The molecule has 0 radical (unpaired) electrons. The molecule has 2 unspecified atom stereocenters. The summed E-state index contributed by atoms with van der Waals surface area (Å²) < 4.78 is 13.4. The van der Waals surface area contributed by atoms with Crippen LogP contribution in [-0.2, 0) is 9.59 Å². The molecule has 2 atom stereocenters. The minimum absolute atomic E-state index is 0.124. The lowest BCUT2D eigenvalue weighted by Gasteiger charge is -2.34. The number of rotatable bonds is 9. The molecule has 0 aliphatic carbocycles. The van der Waals surface area contributed by atoms with Crippen molar-refractivity contribution in [1.29, 1.82) is 5.26 Å². The van der Waals surface area contributed by atoms with Crippen molar-refractivity contribution in [3.8, 4) is 6.07 Å². The SMILES string of the molecule is CC.CSC(C)=N/C=C/CN(C)C(=O)C(O)C(O)C(=O)NCC1CCN(c2ccc(F)cc2C#N)CC1. The van der Waals surface area contributed by atoms with E-state index < -0.39 is 29.8 Å². The number of piperidine rings is 1. The number of likely N-dealkylation sites (N-methyl/N-ethyl adjacent to an activating group) is 1. The number of carbonyl (C=O) groups is 2. The fraction of sp³-hybridized carbons (Fsp3) is 0.538. The number of aliphatic imine (C=N–C) groups is 1. The average Bonchev–Trinajstić information content (AvgIpc) is 2.93. The van der Waals surface area contributed by atoms with Gasteiger partial charge in [-0.2, -0.15) is 5.26 Å². The molecule has 3 N–H and O–H groups in total. The van der Waals surface area contributed by atoms with E-state index in [4.69, 9.17) is 0 Å². The van der Waals surface area contributed by atoms with E-state index in [-0.39, 0.29) is 24.6 Å². The molecule has 11 heteroatoms. The van der Waals surface area contributed by atoms with Crippen LogP contribution in [0.5, 0.6) is 0 Å². The molecule has 1 fully saturated rings. The predicted octanol–water partition coefficient (Wildman–Crippen LogP) is 2.53. The van der Waals surface area contributed by atoms with Crippen LogP contribution in [0.1, 0.15) is 39.2 Å². The van der Waals surface area contributed by atoms with Crippen LogP contribution < -0.4 is 10.2 Å². The lowest BCUT2D eigenvalue weighted by molar-refractivity contribution is -0.151. The maximum atomic E-state index is 13.4. The molecule has 0 bridgehead atoms. The average molecular weight is 536 g/mol. The molecular weight excluding hydrogens is 497 g/mol. The summed E-state index contributed by atoms with van der Waals surface area (Å²) in [4.78, 5) is 32.0. The van der Waals surface area contributed by atoms with Crippen LogP contribution in [0, 0.1) is 23.1 Å². The molecular formula is C26H38FN5O4S. The highest BCUT2D eigenvalue weighted by Gasteiger charge is 2.32. The van der Waals surface area contributed by atoms with E-state index in [2.05, 4.69) is 10.3 Å². The molecule has 37 heavy (non-hydrogen) atoms. The van der Waals surface area contributed by atoms with Crippen LogP contribution >= 0.6 is 11.8 Å². The molecule has 204 valence electrons. The molecule has 2 amide bonds. The topological polar surface area (TPSA) is 129 Å². The van der Waals surface area contributed by atoms with Crippen LogP contribution in [0.2, 0.25) is 0 Å². The Hall–Kier alpha value is -2.94. The highest BCUT2D eigenvalue weighted by atomic mass is 32.2. The normalized spacial score (nSPS) is 15.9. The highest BCUT2D eigenvalue weighted by Crippen LogP contribution is 2.26. The van der Waals surface area contributed by atoms with E-state index in [9.17, 15) is 29.5 Å². The minimum Gasteiger partial charge on any atom is -0.380 e. The Labute approximate surface area is 223 Å². The minimum atomic E-state index is -1.89. The van der Waals surface area contributed by atoms with Crippen molar-refractivity contribution in [2.75, 3.05) is 44.4 Å². The molecule has 1 saturated heterocycles. The van der Waals surface area contributed by atoms with Crippen molar-refractivity contribution in [2.45, 2.75) is 45.8 Å². The lowest BCUT2D eigenvalue weighted by atomic mass is 9.95. The molecule has 1 aromatic rings. The number of benzene rings is 1. The largest absolute Gasteiger partial charge is 0.380 e. The lowest BCUT2D eigenvalue weighted by Crippen LogP contribution is -2.51. The van der Waals surface area contributed by atoms with Gasteiger partial charge in [0, 0.05) is 39.4 Å². The highest BCUT2D eigenvalue weighted by molar-refractivity contribution is 8.13. The summed E-state index contributed by atoms with van der Waals surface area (Å²) in [6, 6.07) is 6.14. The van der Waals surface area contributed by atoms with Crippen molar-refractivity contribution in [1.82, 2.24) is 10.2 Å². The zero-order valence-electron chi connectivity index (χ0n) is 22.1. The quantitative estimate of drug-likeness (QED) is 0.327. The molecule has 0 aromatic heterocycles. The van der Waals surface area contributed by atoms with E-state index in [0.717, 1.165) is 5.04 Å². The first-order valence-corrected chi connectivity index (χ1v) is 13.5. The van der Waals surface area contributed by atoms with Crippen LogP contribution in [0.25, 0.3) is 0 Å². The van der Waals surface area contributed by atoms with Crippen molar-refractivity contribution in [2.24, 2.45) is 10.9 Å². The Morgan fingerprint density at radius 2 is 1.97 bits per heavy atom. The maximum absolute atomic E-state index is 13.4. The number of carbonyl (C=O) groups excluding carboxylic acids is 2. The zero-order valence-corrected chi connectivity index (χ0v) is 23.0. The van der Waals surface area contributed by atoms with Crippen molar-refractivity contribution in [3.05, 3.63) is 41.9 Å². The number of anilines is 1. The Kier molecular flexibility index (Phi) is 14.5. The number of aliphatic hydroxyl groups is 2. The summed E-state index contributed by atoms with van der Waals surface area (Å²) in [5.74, 6) is -1.92. The number of amides is 2. The number of hydrogen-bond acceptors (Lipinski definition) is 8. The summed E-state index contributed by atoms with van der Waals surface area (Å²) in [5, 5.41) is 33.0. The molecule has 1 heterocycles. The first kappa shape index (κ1) is 32.1. The van der Waals surface area contributed by atoms with Gasteiger partial charge in [0.2, 0.25) is 0 Å². The molecule has 0 spiro atoms. The number of nitrogens with zero attached hydrogens (tertiary/aromatic N) is 4. The Morgan fingerprint density at radius 3 is 2.57 bits per heavy atom. The standard InChI is InChI=1S/C24H32FN5O4S.C2H6/c1-16(35-3)27-9-4-10-29(2)24(34)22(32)21(31)23(33)28-15-17-7-11-30(12-8-17)20-6-5-19(25)13-18(20)14-26;1-2/h4-6,9,13,17,21-22,31-32H,7-8,10-12,15H2,1-3H3,(H,28,33);1-2H3/b9-4+,27-16?;. The maximum Gasteiger partial charge on any atom is 0.254 e. The second kappa shape index (κ2) is 16.7. The van der Waals surface area contributed by atoms with Crippen molar-refractivity contribution in [3.63, 3.8) is 0 Å². The van der Waals surface area contributed by atoms with Gasteiger partial charge >= 0.3 is 0 Å². The monoisotopic (exact) mass is 535 g/mol. The second-order valence-corrected chi connectivity index (χ2v) is 9.29. The van der Waals surface area contributed by atoms with Gasteiger partial charge in [0.05, 0.1) is 16.3 Å². The molecule has 1 aliphatic heterocycles. The van der Waals surface area contributed by atoms with Gasteiger partial charge in [0.1, 0.15) is 11.9 Å². The van der Waals surface area contributed by atoms with Gasteiger partial charge in [-0.1, -0.05) is 13.8 Å². The number of thioether (sulfide) groups is 1. The van der Waals surface area contributed by atoms with Gasteiger partial charge in [0.25, 0.3) is 11.8 Å². The zero-order chi connectivity index (χ0) is 28.0. The third-order valence-electron chi connectivity index (χ3n) is 5.83. The number of halogens is 1. The number of nitriles is 1. The van der Waals surface area contributed by atoms with E-state index in [1.807, 2.05) is 38.0 Å². The third-order valence-corrected chi connectivity index (χ3v) is 6.53. The third kappa shape index (κ3) is 10.1. The van der Waals surface area contributed by atoms with Gasteiger partial charge < -0.3 is 25.3 Å². The Morgan fingerprint density at radius 1 is 1.32 bits per heavy atom. The van der Waals surface area contributed by atoms with Gasteiger partial charge in [-0.25, -0.2) is 4.39 Å². The van der Waals surface area contributed by atoms with Crippen LogP contribution in [0.4, 0.5) is 10.1 Å². The van der Waals surface area contributed by atoms with Gasteiger partial charge in [0.15, 0.2) is 12.2 Å². The van der Waals surface area contributed by atoms with E-state index in [1.54, 1.807) is 18.3 Å². The van der Waals surface area contributed by atoms with E-state index in [1.165, 1.54) is 35.8 Å². The van der Waals surface area contributed by atoms with Crippen LogP contribution in [0.3, 0.4) is 0 Å². The predicted molar refractivity (Wildman–Crippen MR) is 146 cm³/mol. The van der Waals surface area contributed by atoms with Gasteiger partial charge in [-0.3, -0.25) is 14.6 Å². The Bertz CT molecular complexity index is 990. The summed E-state index contributed by atoms with van der Waals surface area (Å²) in [6.07, 6.45) is 2.74. The fourth-order valence-corrected chi connectivity index (χ4v) is 3.78. The summed E-state index contributed by atoms with van der Waals surface area (Å²) in [6.45, 7) is 7.55. The van der Waals surface area contributed by atoms with Gasteiger partial charge in [-0.05, 0) is 56.2 Å².